The Labute approximate surface area is 271 Å². The highest BCUT2D eigenvalue weighted by atomic mass is 32.3. The van der Waals surface area contributed by atoms with Gasteiger partial charge in [-0.2, -0.15) is 8.42 Å². The predicted octanol–water partition coefficient (Wildman–Crippen LogP) is 10.1. The number of hydrogen-bond acceptors (Lipinski definition) is 6. The van der Waals surface area contributed by atoms with Crippen LogP contribution in [0.25, 0.3) is 0 Å². The summed E-state index contributed by atoms with van der Waals surface area (Å²) in [4.78, 5) is 2.15. The van der Waals surface area contributed by atoms with Gasteiger partial charge in [0.05, 0.1) is 4.90 Å². The molecular weight excluding hydrogens is 605 g/mol. The number of aryl methyl sites for hydroxylation is 1. The molecule has 0 bridgehead atoms. The first-order valence-corrected chi connectivity index (χ1v) is 18.0. The molecule has 0 N–H and O–H groups in total. The van der Waals surface area contributed by atoms with Crippen molar-refractivity contribution < 1.29 is 26.3 Å². The number of benzene rings is 4. The third-order valence-corrected chi connectivity index (χ3v) is 11.4. The molecule has 242 valence electrons. The highest BCUT2D eigenvalue weighted by Crippen LogP contribution is 2.70. The maximum absolute atomic E-state index is 14.2. The molecule has 8 heteroatoms. The fourth-order valence-corrected chi connectivity index (χ4v) is 9.74. The number of ether oxygens (including phenoxy) is 3. The molecule has 0 amide bonds. The lowest BCUT2D eigenvalue weighted by atomic mass is 10.2. The van der Waals surface area contributed by atoms with Crippen molar-refractivity contribution in [2.75, 3.05) is 0 Å². The SMILES string of the molecule is Cc1ccc(S(=O)(=O)OS(c2ccc(OC(C)(C)C)cc2)(c2ccc(OC(C)(C)C)cc2)c2ccc(OC(C)(C)C)cc2)cc1. The average Bonchev–Trinajstić information content (AvgIpc) is 2.91. The summed E-state index contributed by atoms with van der Waals surface area (Å²) in [6.07, 6.45) is 0. The van der Waals surface area contributed by atoms with E-state index in [9.17, 15) is 8.42 Å². The summed E-state index contributed by atoms with van der Waals surface area (Å²) in [5.41, 5.74) is -0.251. The number of hydrogen-bond donors (Lipinski definition) is 0. The second kappa shape index (κ2) is 12.7. The van der Waals surface area contributed by atoms with Crippen molar-refractivity contribution in [3.8, 4) is 17.2 Å². The minimum atomic E-state index is -4.25. The highest BCUT2D eigenvalue weighted by molar-refractivity contribution is 8.33. The fraction of sp³-hybridized carbons (Fsp3) is 0.351. The maximum Gasteiger partial charge on any atom is 0.307 e. The van der Waals surface area contributed by atoms with E-state index in [2.05, 4.69) is 0 Å². The minimum Gasteiger partial charge on any atom is -0.488 e. The zero-order valence-corrected chi connectivity index (χ0v) is 29.6. The molecule has 0 aromatic heterocycles. The zero-order valence-electron chi connectivity index (χ0n) is 28.0. The van der Waals surface area contributed by atoms with E-state index in [0.29, 0.717) is 31.9 Å². The Bertz CT molecular complexity index is 1530. The summed E-state index contributed by atoms with van der Waals surface area (Å²) in [5.74, 6) is 2.01. The minimum absolute atomic E-state index is 0.0815. The van der Waals surface area contributed by atoms with Gasteiger partial charge in [-0.3, -0.25) is 0 Å². The standard InChI is InChI=1S/C37H46O6S2/c1-27-11-19-34(20-12-27)45(38,39)43-44(31-21-13-28(14-22-31)40-35(2,3)4,32-23-15-29(16-24-32)41-36(5,6)7)33-25-17-30(18-26-33)42-37(8,9)10/h11-26H,1-10H3. The van der Waals surface area contributed by atoms with E-state index in [-0.39, 0.29) is 4.90 Å². The van der Waals surface area contributed by atoms with Crippen LogP contribution < -0.4 is 14.2 Å². The molecule has 4 aromatic rings. The van der Waals surface area contributed by atoms with Crippen molar-refractivity contribution in [3.05, 3.63) is 103 Å². The second-order valence-corrected chi connectivity index (χ2v) is 18.4. The van der Waals surface area contributed by atoms with Gasteiger partial charge in [-0.15, -0.1) is 0 Å². The molecule has 0 atom stereocenters. The first-order chi connectivity index (χ1) is 20.8. The zero-order chi connectivity index (χ0) is 33.3. The van der Waals surface area contributed by atoms with Gasteiger partial charge in [-0.25, -0.2) is 3.63 Å². The topological polar surface area (TPSA) is 71.1 Å². The van der Waals surface area contributed by atoms with E-state index in [0.717, 1.165) is 5.56 Å². The van der Waals surface area contributed by atoms with E-state index >= 15 is 0 Å². The number of rotatable bonds is 9. The van der Waals surface area contributed by atoms with Crippen LogP contribution in [-0.4, -0.2) is 25.2 Å². The Morgan fingerprint density at radius 1 is 0.422 bits per heavy atom. The average molecular weight is 651 g/mol. The van der Waals surface area contributed by atoms with Gasteiger partial charge in [0.15, 0.2) is 0 Å². The lowest BCUT2D eigenvalue weighted by Gasteiger charge is -2.39. The summed E-state index contributed by atoms with van der Waals surface area (Å²) >= 11 is 0. The fourth-order valence-electron chi connectivity index (χ4n) is 4.56. The van der Waals surface area contributed by atoms with Crippen molar-refractivity contribution in [2.24, 2.45) is 0 Å². The van der Waals surface area contributed by atoms with Crippen LogP contribution in [0.4, 0.5) is 0 Å². The molecule has 4 rings (SSSR count). The van der Waals surface area contributed by atoms with E-state index in [1.165, 1.54) is 0 Å². The van der Waals surface area contributed by atoms with Gasteiger partial charge >= 0.3 is 10.1 Å². The predicted molar refractivity (Wildman–Crippen MR) is 182 cm³/mol. The van der Waals surface area contributed by atoms with Crippen LogP contribution in [0.3, 0.4) is 0 Å². The quantitative estimate of drug-likeness (QED) is 0.180. The molecule has 4 aromatic carbocycles. The van der Waals surface area contributed by atoms with Gasteiger partial charge in [0.1, 0.15) is 34.1 Å². The van der Waals surface area contributed by atoms with Crippen molar-refractivity contribution in [1.82, 2.24) is 0 Å². The van der Waals surface area contributed by atoms with Gasteiger partial charge in [0.25, 0.3) is 0 Å². The van der Waals surface area contributed by atoms with Crippen molar-refractivity contribution in [3.63, 3.8) is 0 Å². The molecule has 0 aliphatic heterocycles. The van der Waals surface area contributed by atoms with Crippen molar-refractivity contribution in [2.45, 2.75) is 106 Å². The van der Waals surface area contributed by atoms with E-state index in [4.69, 9.17) is 17.8 Å². The molecule has 45 heavy (non-hydrogen) atoms. The monoisotopic (exact) mass is 650 g/mol. The normalized spacial score (nSPS) is 13.3. The molecule has 6 nitrogen and oxygen atoms in total. The molecule has 0 saturated heterocycles. The first kappa shape index (κ1) is 34.4. The largest absolute Gasteiger partial charge is 0.488 e. The molecule has 0 radical (unpaired) electrons. The van der Waals surface area contributed by atoms with Gasteiger partial charge < -0.3 is 14.2 Å². The van der Waals surface area contributed by atoms with Gasteiger partial charge in [0.2, 0.25) is 0 Å². The van der Waals surface area contributed by atoms with E-state index < -0.39 is 37.2 Å². The Morgan fingerprint density at radius 3 is 0.956 bits per heavy atom. The third kappa shape index (κ3) is 9.06. The summed E-state index contributed by atoms with van der Waals surface area (Å²) in [7, 11) is -7.14. The second-order valence-electron chi connectivity index (χ2n) is 13.9. The molecule has 0 spiro atoms. The Kier molecular flexibility index (Phi) is 9.74. The van der Waals surface area contributed by atoms with Crippen LogP contribution in [0.5, 0.6) is 17.2 Å². The van der Waals surface area contributed by atoms with Gasteiger partial charge in [0, 0.05) is 14.7 Å². The summed E-state index contributed by atoms with van der Waals surface area (Å²) < 4.78 is 53.2. The van der Waals surface area contributed by atoms with Gasteiger partial charge in [-0.1, -0.05) is 17.7 Å². The Balaban J connectivity index is 1.98. The Hall–Kier alpha value is -3.46. The summed E-state index contributed by atoms with van der Waals surface area (Å²) in [6.45, 7) is 19.8. The van der Waals surface area contributed by atoms with Crippen LogP contribution in [0, 0.1) is 6.92 Å². The summed E-state index contributed by atoms with van der Waals surface area (Å²) in [5, 5.41) is 0. The van der Waals surface area contributed by atoms with Crippen LogP contribution in [0.15, 0.2) is 117 Å². The highest BCUT2D eigenvalue weighted by Gasteiger charge is 2.39. The van der Waals surface area contributed by atoms with Gasteiger partial charge in [-0.05, 0) is 164 Å². The van der Waals surface area contributed by atoms with Crippen molar-refractivity contribution in [1.29, 1.82) is 0 Å². The smallest absolute Gasteiger partial charge is 0.307 e. The molecule has 0 fully saturated rings. The Morgan fingerprint density at radius 2 is 0.689 bits per heavy atom. The molecule has 0 aliphatic carbocycles. The van der Waals surface area contributed by atoms with E-state index in [1.54, 1.807) is 24.3 Å². The first-order valence-electron chi connectivity index (χ1n) is 15.0. The van der Waals surface area contributed by atoms with Crippen molar-refractivity contribution >= 4 is 20.4 Å². The van der Waals surface area contributed by atoms with E-state index in [1.807, 2.05) is 142 Å². The molecule has 0 unspecified atom stereocenters. The summed E-state index contributed by atoms with van der Waals surface area (Å²) in [6, 6.07) is 29.2. The lowest BCUT2D eigenvalue weighted by molar-refractivity contribution is 0.130. The molecule has 0 heterocycles. The van der Waals surface area contributed by atoms with Crippen LogP contribution in [0.1, 0.15) is 67.9 Å². The lowest BCUT2D eigenvalue weighted by Crippen LogP contribution is -2.23. The molecular formula is C37H46O6S2. The third-order valence-electron chi connectivity index (χ3n) is 6.24. The molecule has 0 saturated carbocycles. The van der Waals surface area contributed by atoms with Crippen LogP contribution in [0.2, 0.25) is 0 Å². The maximum atomic E-state index is 14.2. The van der Waals surface area contributed by atoms with Crippen LogP contribution in [-0.2, 0) is 13.7 Å². The van der Waals surface area contributed by atoms with Crippen LogP contribution >= 0.6 is 10.3 Å². The molecule has 0 aliphatic rings.